The van der Waals surface area contributed by atoms with Gasteiger partial charge in [-0.15, -0.1) is 0 Å². The van der Waals surface area contributed by atoms with Crippen molar-refractivity contribution in [2.24, 2.45) is 0 Å². The Morgan fingerprint density at radius 3 is 1.26 bits per heavy atom. The molecule has 6 nitrogen and oxygen atoms in total. The first-order valence-corrected chi connectivity index (χ1v) is 12.3. The number of fused-ring (bicyclic) bond motifs is 8. The fourth-order valence-corrected chi connectivity index (χ4v) is 6.91. The van der Waals surface area contributed by atoms with Crippen molar-refractivity contribution in [2.75, 3.05) is 0 Å². The summed E-state index contributed by atoms with van der Waals surface area (Å²) in [7, 11) is 0. The van der Waals surface area contributed by atoms with Gasteiger partial charge in [-0.2, -0.15) is 0 Å². The average Bonchev–Trinajstić information content (AvgIpc) is 2.93. The highest BCUT2D eigenvalue weighted by molar-refractivity contribution is 6.49. The molecule has 2 aliphatic heterocycles. The van der Waals surface area contributed by atoms with Crippen molar-refractivity contribution in [3.63, 3.8) is 0 Å². The van der Waals surface area contributed by atoms with Gasteiger partial charge in [-0.1, -0.05) is 60.7 Å². The van der Waals surface area contributed by atoms with E-state index in [0.717, 1.165) is 53.9 Å². The van der Waals surface area contributed by atoms with E-state index in [1.807, 2.05) is 60.7 Å². The Bertz CT molecular complexity index is 2210. The molecule has 0 aliphatic carbocycles. The predicted octanol–water partition coefficient (Wildman–Crippen LogP) is 5.81. The van der Waals surface area contributed by atoms with Gasteiger partial charge in [0.1, 0.15) is 0 Å². The van der Waals surface area contributed by atoms with Crippen molar-refractivity contribution in [3.05, 3.63) is 95.1 Å². The molecule has 0 unspecified atom stereocenters. The summed E-state index contributed by atoms with van der Waals surface area (Å²) in [6.45, 7) is 0. The minimum absolute atomic E-state index is 0.412. The second kappa shape index (κ2) is 6.30. The Hall–Kier alpha value is -5.36. The fraction of sp³-hybridized carbons (Fsp3) is 0. The molecule has 176 valence electrons. The quantitative estimate of drug-likeness (QED) is 0.159. The van der Waals surface area contributed by atoms with E-state index in [1.165, 1.54) is 0 Å². The zero-order chi connectivity index (χ0) is 25.4. The Balaban J connectivity index is 1.75. The van der Waals surface area contributed by atoms with E-state index in [1.54, 1.807) is 12.1 Å². The van der Waals surface area contributed by atoms with Crippen LogP contribution in [0.5, 0.6) is 0 Å². The molecule has 4 amide bonds. The monoisotopic (exact) mass is 490 g/mol. The zero-order valence-corrected chi connectivity index (χ0v) is 19.6. The van der Waals surface area contributed by atoms with Crippen LogP contribution in [0.1, 0.15) is 41.4 Å². The molecule has 2 N–H and O–H groups in total. The molecule has 2 aliphatic rings. The molecule has 6 heteroatoms. The summed E-state index contributed by atoms with van der Waals surface area (Å²) in [5.74, 6) is -1.66. The van der Waals surface area contributed by atoms with Crippen LogP contribution in [0.4, 0.5) is 0 Å². The first-order valence-electron chi connectivity index (χ1n) is 12.3. The van der Waals surface area contributed by atoms with Crippen LogP contribution in [0.2, 0.25) is 0 Å². The third kappa shape index (κ3) is 2.05. The van der Waals surface area contributed by atoms with Gasteiger partial charge in [-0.25, -0.2) is 0 Å². The van der Waals surface area contributed by atoms with E-state index in [9.17, 15) is 19.2 Å². The molecular weight excluding hydrogens is 476 g/mol. The van der Waals surface area contributed by atoms with E-state index >= 15 is 0 Å². The predicted molar refractivity (Wildman–Crippen MR) is 146 cm³/mol. The Morgan fingerprint density at radius 1 is 0.342 bits per heavy atom. The van der Waals surface area contributed by atoms with Crippen LogP contribution in [-0.4, -0.2) is 23.6 Å². The lowest BCUT2D eigenvalue weighted by Crippen LogP contribution is -2.35. The number of benzene rings is 7. The molecule has 7 aromatic carbocycles. The summed E-state index contributed by atoms with van der Waals surface area (Å²) < 4.78 is 0. The molecule has 0 fully saturated rings. The molecule has 2 heterocycles. The van der Waals surface area contributed by atoms with Gasteiger partial charge < -0.3 is 0 Å². The SMILES string of the molecule is O=C1NC(=O)c2ccc3c4c2c1ccc4c1c2ccccc2c2c4c(c5ccccc5c3c41)C(=O)NC2=O. The molecule has 0 saturated heterocycles. The van der Waals surface area contributed by atoms with E-state index < -0.39 is 23.6 Å². The van der Waals surface area contributed by atoms with E-state index in [0.29, 0.717) is 33.0 Å². The Labute approximate surface area is 213 Å². The molecule has 0 atom stereocenters. The number of hydrogen-bond donors (Lipinski definition) is 2. The molecule has 0 spiro atoms. The molecule has 0 radical (unpaired) electrons. The third-order valence-electron chi connectivity index (χ3n) is 8.28. The van der Waals surface area contributed by atoms with Gasteiger partial charge in [-0.3, -0.25) is 29.8 Å². The normalized spacial score (nSPS) is 14.9. The average molecular weight is 490 g/mol. The van der Waals surface area contributed by atoms with Crippen LogP contribution in [0.3, 0.4) is 0 Å². The lowest BCUT2D eigenvalue weighted by atomic mass is 9.78. The van der Waals surface area contributed by atoms with E-state index in [2.05, 4.69) is 10.6 Å². The summed E-state index contributed by atoms with van der Waals surface area (Å²) in [6, 6.07) is 22.8. The Morgan fingerprint density at radius 2 is 0.763 bits per heavy atom. The zero-order valence-electron chi connectivity index (χ0n) is 19.6. The first kappa shape index (κ1) is 19.8. The maximum Gasteiger partial charge on any atom is 0.259 e. The third-order valence-corrected chi connectivity index (χ3v) is 8.28. The highest BCUT2D eigenvalue weighted by Crippen LogP contribution is 2.50. The molecule has 0 bridgehead atoms. The van der Waals surface area contributed by atoms with Crippen LogP contribution < -0.4 is 10.6 Å². The number of hydrogen-bond acceptors (Lipinski definition) is 4. The van der Waals surface area contributed by atoms with Crippen LogP contribution in [0, 0.1) is 0 Å². The molecule has 0 saturated carbocycles. The maximum absolute atomic E-state index is 13.4. The van der Waals surface area contributed by atoms with E-state index in [4.69, 9.17) is 0 Å². The van der Waals surface area contributed by atoms with Gasteiger partial charge in [0.05, 0.1) is 11.1 Å². The standard InChI is InChI=1S/C32H14N2O4/c35-29-19-11-9-17-21-13-5-1-3-7-15(13)25-28-26(32(38)34-31(25)37)16-8-4-2-6-14(16)22(27(21)28)18-10-12-20(30(36)33-29)24(19)23(17)18/h1-12H,(H,33,35,36)(H,34,37,38). The summed E-state index contributed by atoms with van der Waals surface area (Å²) in [5.41, 5.74) is 1.89. The van der Waals surface area contributed by atoms with Crippen molar-refractivity contribution < 1.29 is 19.2 Å². The molecule has 38 heavy (non-hydrogen) atoms. The minimum Gasteiger partial charge on any atom is -0.288 e. The highest BCUT2D eigenvalue weighted by atomic mass is 16.2. The summed E-state index contributed by atoms with van der Waals surface area (Å²) >= 11 is 0. The van der Waals surface area contributed by atoms with Gasteiger partial charge in [0.25, 0.3) is 23.6 Å². The molecule has 9 rings (SSSR count). The lowest BCUT2D eigenvalue weighted by molar-refractivity contribution is 0.0829. The molecule has 0 aromatic heterocycles. The van der Waals surface area contributed by atoms with Crippen molar-refractivity contribution in [1.29, 1.82) is 0 Å². The smallest absolute Gasteiger partial charge is 0.259 e. The largest absolute Gasteiger partial charge is 0.288 e. The van der Waals surface area contributed by atoms with E-state index in [-0.39, 0.29) is 0 Å². The molecular formula is C32H14N2O4. The van der Waals surface area contributed by atoms with Crippen molar-refractivity contribution in [2.45, 2.75) is 0 Å². The summed E-state index contributed by atoms with van der Waals surface area (Å²) in [4.78, 5) is 52.5. The Kier molecular flexibility index (Phi) is 3.28. The number of rotatable bonds is 0. The van der Waals surface area contributed by atoms with Crippen LogP contribution in [0.25, 0.3) is 64.6 Å². The number of imide groups is 2. The van der Waals surface area contributed by atoms with Crippen molar-refractivity contribution in [1.82, 2.24) is 10.6 Å². The van der Waals surface area contributed by atoms with Gasteiger partial charge in [-0.05, 0) is 60.6 Å². The van der Waals surface area contributed by atoms with Crippen molar-refractivity contribution in [3.8, 4) is 0 Å². The second-order valence-corrected chi connectivity index (χ2v) is 9.98. The van der Waals surface area contributed by atoms with Crippen LogP contribution in [0.15, 0.2) is 72.8 Å². The maximum atomic E-state index is 13.4. The van der Waals surface area contributed by atoms with Crippen LogP contribution in [-0.2, 0) is 0 Å². The fourth-order valence-electron chi connectivity index (χ4n) is 6.91. The summed E-state index contributed by atoms with van der Waals surface area (Å²) in [6.07, 6.45) is 0. The number of nitrogens with one attached hydrogen (secondary N) is 2. The topological polar surface area (TPSA) is 92.3 Å². The summed E-state index contributed by atoms with van der Waals surface area (Å²) in [5, 5.41) is 14.8. The minimum atomic E-state index is -0.417. The number of amides is 4. The molecule has 7 aromatic rings. The van der Waals surface area contributed by atoms with Crippen molar-refractivity contribution >= 4 is 88.3 Å². The highest BCUT2D eigenvalue weighted by Gasteiger charge is 2.34. The second-order valence-electron chi connectivity index (χ2n) is 9.98. The first-order chi connectivity index (χ1) is 18.5. The number of carbonyl (C=O) groups is 4. The van der Waals surface area contributed by atoms with Gasteiger partial charge in [0.15, 0.2) is 0 Å². The van der Waals surface area contributed by atoms with Gasteiger partial charge in [0, 0.05) is 27.3 Å². The van der Waals surface area contributed by atoms with Crippen LogP contribution >= 0.6 is 0 Å². The lowest BCUT2D eigenvalue weighted by Gasteiger charge is -2.26. The van der Waals surface area contributed by atoms with Gasteiger partial charge in [0.2, 0.25) is 0 Å². The van der Waals surface area contributed by atoms with Gasteiger partial charge >= 0.3 is 0 Å². The number of carbonyl (C=O) groups excluding carboxylic acids is 4.